The summed E-state index contributed by atoms with van der Waals surface area (Å²) in [6.07, 6.45) is 3.26. The Morgan fingerprint density at radius 3 is 2.88 bits per heavy atom. The van der Waals surface area contributed by atoms with Crippen molar-refractivity contribution < 1.29 is 19.4 Å². The molecule has 6 heteroatoms. The molecule has 1 amide bonds. The Morgan fingerprint density at radius 2 is 2.12 bits per heavy atom. The van der Waals surface area contributed by atoms with E-state index in [1.165, 1.54) is 0 Å². The summed E-state index contributed by atoms with van der Waals surface area (Å²) in [5, 5.41) is 11.0. The minimum atomic E-state index is -1.27. The number of hydrogen-bond acceptors (Lipinski definition) is 5. The fourth-order valence-electron chi connectivity index (χ4n) is 2.99. The predicted octanol–water partition coefficient (Wildman–Crippen LogP) is 1.98. The first-order valence-corrected chi connectivity index (χ1v) is 8.67. The van der Waals surface area contributed by atoms with Crippen LogP contribution in [0.5, 0.6) is 5.75 Å². The number of aliphatic hydroxyl groups is 1. The average Bonchev–Trinajstić information content (AvgIpc) is 2.83. The van der Waals surface area contributed by atoms with Gasteiger partial charge in [0.15, 0.2) is 0 Å². The van der Waals surface area contributed by atoms with Crippen LogP contribution in [0.4, 0.5) is 0 Å². The third-order valence-electron chi connectivity index (χ3n) is 4.49. The van der Waals surface area contributed by atoms with E-state index in [1.807, 2.05) is 38.1 Å². The second kappa shape index (κ2) is 7.85. The van der Waals surface area contributed by atoms with Gasteiger partial charge in [-0.15, -0.1) is 0 Å². The van der Waals surface area contributed by atoms with Crippen LogP contribution in [0.3, 0.4) is 0 Å². The average molecular weight is 356 g/mol. The fourth-order valence-corrected chi connectivity index (χ4v) is 2.99. The minimum Gasteiger partial charge on any atom is -0.490 e. The van der Waals surface area contributed by atoms with E-state index >= 15 is 0 Å². The number of carbonyl (C=O) groups excluding carboxylic acids is 1. The van der Waals surface area contributed by atoms with E-state index in [1.54, 1.807) is 23.4 Å². The number of aromatic nitrogens is 1. The Bertz CT molecular complexity index is 780. The van der Waals surface area contributed by atoms with Crippen LogP contribution in [0.1, 0.15) is 21.5 Å². The van der Waals surface area contributed by atoms with Gasteiger partial charge in [-0.05, 0) is 37.1 Å². The van der Waals surface area contributed by atoms with Crippen LogP contribution < -0.4 is 4.74 Å². The van der Waals surface area contributed by atoms with Crippen LogP contribution in [0.2, 0.25) is 0 Å². The lowest BCUT2D eigenvalue weighted by molar-refractivity contribution is -0.0622. The quantitative estimate of drug-likeness (QED) is 0.907. The van der Waals surface area contributed by atoms with E-state index in [2.05, 4.69) is 4.98 Å². The van der Waals surface area contributed by atoms with Crippen molar-refractivity contribution in [2.24, 2.45) is 0 Å². The molecule has 1 unspecified atom stereocenters. The predicted molar refractivity (Wildman–Crippen MR) is 97.3 cm³/mol. The Balaban J connectivity index is 1.73. The highest BCUT2D eigenvalue weighted by molar-refractivity contribution is 5.95. The van der Waals surface area contributed by atoms with E-state index in [9.17, 15) is 9.90 Å². The van der Waals surface area contributed by atoms with Gasteiger partial charge in [-0.25, -0.2) is 0 Å². The summed E-state index contributed by atoms with van der Waals surface area (Å²) in [7, 11) is 0. The van der Waals surface area contributed by atoms with Crippen molar-refractivity contribution >= 4 is 5.91 Å². The third kappa shape index (κ3) is 4.20. The van der Waals surface area contributed by atoms with Gasteiger partial charge in [-0.1, -0.05) is 18.2 Å². The van der Waals surface area contributed by atoms with Crippen molar-refractivity contribution in [3.8, 4) is 5.75 Å². The number of ether oxygens (including phenoxy) is 2. The summed E-state index contributed by atoms with van der Waals surface area (Å²) in [6.45, 7) is 4.93. The van der Waals surface area contributed by atoms with E-state index in [0.717, 1.165) is 11.1 Å². The molecule has 1 N–H and O–H groups in total. The summed E-state index contributed by atoms with van der Waals surface area (Å²) >= 11 is 0. The first kappa shape index (κ1) is 18.4. The molecule has 3 rings (SSSR count). The number of amides is 1. The number of rotatable bonds is 4. The number of benzene rings is 1. The first-order valence-electron chi connectivity index (χ1n) is 8.67. The van der Waals surface area contributed by atoms with Gasteiger partial charge in [0.05, 0.1) is 19.8 Å². The third-order valence-corrected chi connectivity index (χ3v) is 4.49. The molecule has 0 radical (unpaired) electrons. The van der Waals surface area contributed by atoms with Crippen LogP contribution >= 0.6 is 0 Å². The SMILES string of the molecule is Cc1ccccc1OCC1(O)COCCN(C(=O)c2ccncc2C)C1. The van der Waals surface area contributed by atoms with Crippen molar-refractivity contribution in [3.05, 3.63) is 59.4 Å². The highest BCUT2D eigenvalue weighted by atomic mass is 16.5. The Labute approximate surface area is 153 Å². The van der Waals surface area contributed by atoms with Crippen molar-refractivity contribution in [2.75, 3.05) is 32.9 Å². The maximum Gasteiger partial charge on any atom is 0.254 e. The lowest BCUT2D eigenvalue weighted by atomic mass is 10.0. The van der Waals surface area contributed by atoms with Gasteiger partial charge in [0.1, 0.15) is 18.0 Å². The lowest BCUT2D eigenvalue weighted by Gasteiger charge is -2.31. The summed E-state index contributed by atoms with van der Waals surface area (Å²) in [5.41, 5.74) is 1.12. The van der Waals surface area contributed by atoms with Crippen LogP contribution in [0, 0.1) is 13.8 Å². The zero-order valence-corrected chi connectivity index (χ0v) is 15.1. The molecule has 26 heavy (non-hydrogen) atoms. The molecule has 1 aromatic carbocycles. The standard InChI is InChI=1S/C20H24N2O4/c1-15-5-3-4-6-18(15)26-14-20(24)12-22(9-10-25-13-20)19(23)17-7-8-21-11-16(17)2/h3-8,11,24H,9-10,12-14H2,1-2H3. The number of para-hydroxylation sites is 1. The van der Waals surface area contributed by atoms with Gasteiger partial charge >= 0.3 is 0 Å². The highest BCUT2D eigenvalue weighted by Gasteiger charge is 2.36. The fraction of sp³-hybridized carbons (Fsp3) is 0.400. The molecule has 1 aliphatic heterocycles. The Kier molecular flexibility index (Phi) is 5.54. The molecule has 138 valence electrons. The maximum atomic E-state index is 12.9. The van der Waals surface area contributed by atoms with Crippen LogP contribution in [0.15, 0.2) is 42.7 Å². The topological polar surface area (TPSA) is 71.9 Å². The van der Waals surface area contributed by atoms with Crippen molar-refractivity contribution in [2.45, 2.75) is 19.4 Å². The molecular formula is C20H24N2O4. The van der Waals surface area contributed by atoms with Gasteiger partial charge in [0.25, 0.3) is 5.91 Å². The summed E-state index contributed by atoms with van der Waals surface area (Å²) < 4.78 is 11.4. The molecule has 1 aromatic heterocycles. The monoisotopic (exact) mass is 356 g/mol. The number of β-amino-alcohol motifs (C(OH)–C–C–N with tert-alkyl or cyclic N) is 1. The Morgan fingerprint density at radius 1 is 1.31 bits per heavy atom. The van der Waals surface area contributed by atoms with E-state index in [4.69, 9.17) is 9.47 Å². The molecule has 0 bridgehead atoms. The Hall–Kier alpha value is -2.44. The normalized spacial score (nSPS) is 20.5. The summed E-state index contributed by atoms with van der Waals surface area (Å²) in [4.78, 5) is 18.5. The number of pyridine rings is 1. The van der Waals surface area contributed by atoms with Gasteiger partial charge in [0, 0.05) is 24.5 Å². The summed E-state index contributed by atoms with van der Waals surface area (Å²) in [5.74, 6) is 0.581. The van der Waals surface area contributed by atoms with Crippen LogP contribution in [-0.2, 0) is 4.74 Å². The first-order chi connectivity index (χ1) is 12.5. The molecule has 1 saturated heterocycles. The van der Waals surface area contributed by atoms with Crippen molar-refractivity contribution in [3.63, 3.8) is 0 Å². The molecule has 1 atom stereocenters. The second-order valence-corrected chi connectivity index (χ2v) is 6.75. The summed E-state index contributed by atoms with van der Waals surface area (Å²) in [6, 6.07) is 9.33. The molecule has 0 spiro atoms. The number of aryl methyl sites for hydroxylation is 2. The number of nitrogens with zero attached hydrogens (tertiary/aromatic N) is 2. The van der Waals surface area contributed by atoms with Gasteiger partial charge in [-0.2, -0.15) is 0 Å². The second-order valence-electron chi connectivity index (χ2n) is 6.75. The zero-order valence-electron chi connectivity index (χ0n) is 15.1. The van der Waals surface area contributed by atoms with E-state index in [0.29, 0.717) is 24.5 Å². The molecular weight excluding hydrogens is 332 g/mol. The highest BCUT2D eigenvalue weighted by Crippen LogP contribution is 2.21. The molecule has 1 fully saturated rings. The maximum absolute atomic E-state index is 12.9. The molecule has 1 aliphatic rings. The molecule has 6 nitrogen and oxygen atoms in total. The number of carbonyl (C=O) groups is 1. The zero-order chi connectivity index (χ0) is 18.6. The largest absolute Gasteiger partial charge is 0.490 e. The molecule has 0 saturated carbocycles. The molecule has 2 heterocycles. The lowest BCUT2D eigenvalue weighted by Crippen LogP contribution is -2.50. The minimum absolute atomic E-state index is 0.0525. The van der Waals surface area contributed by atoms with Crippen molar-refractivity contribution in [1.82, 2.24) is 9.88 Å². The van der Waals surface area contributed by atoms with Crippen LogP contribution in [0.25, 0.3) is 0 Å². The van der Waals surface area contributed by atoms with Gasteiger partial charge < -0.3 is 19.5 Å². The molecule has 0 aliphatic carbocycles. The van der Waals surface area contributed by atoms with Gasteiger partial charge in [-0.3, -0.25) is 9.78 Å². The smallest absolute Gasteiger partial charge is 0.254 e. The van der Waals surface area contributed by atoms with E-state index in [-0.39, 0.29) is 25.7 Å². The molecule has 2 aromatic rings. The number of hydrogen-bond donors (Lipinski definition) is 1. The van der Waals surface area contributed by atoms with Crippen molar-refractivity contribution in [1.29, 1.82) is 0 Å². The van der Waals surface area contributed by atoms with Crippen LogP contribution in [-0.4, -0.2) is 59.4 Å². The van der Waals surface area contributed by atoms with Gasteiger partial charge in [0.2, 0.25) is 0 Å². The van der Waals surface area contributed by atoms with E-state index < -0.39 is 5.60 Å².